The van der Waals surface area contributed by atoms with Crippen LogP contribution in [0.2, 0.25) is 0 Å². The Balaban J connectivity index is 1.33. The Kier molecular flexibility index (Phi) is 11.6. The first-order valence-electron chi connectivity index (χ1n) is 17.0. The summed E-state index contributed by atoms with van der Waals surface area (Å²) < 4.78 is 5.50. The van der Waals surface area contributed by atoms with Crippen LogP contribution in [0, 0.1) is 0 Å². The molecule has 2 amide bonds. The van der Waals surface area contributed by atoms with Crippen LogP contribution in [0.1, 0.15) is 46.7 Å². The highest BCUT2D eigenvalue weighted by atomic mass is 16.5. The number of amides is 2. The number of hydrogen-bond acceptors (Lipinski definition) is 6. The SMILES string of the molecule is O=C(N[C@H](c1ccccc1)[C@H](N=C(c1ccccc1)c1ccccc1NC(=O)[C@@H]1CCCN1Cc1ccccc1)C(=O)O)OCc1ccccc1. The number of carboxylic acids is 1. The van der Waals surface area contributed by atoms with Gasteiger partial charge in [-0.2, -0.15) is 0 Å². The lowest BCUT2D eigenvalue weighted by Gasteiger charge is -2.25. The maximum Gasteiger partial charge on any atom is 0.408 e. The Morgan fingerprint density at radius 3 is 2.02 bits per heavy atom. The van der Waals surface area contributed by atoms with Gasteiger partial charge in [0.1, 0.15) is 6.61 Å². The van der Waals surface area contributed by atoms with Crippen LogP contribution in [-0.4, -0.2) is 52.3 Å². The summed E-state index contributed by atoms with van der Waals surface area (Å²) >= 11 is 0. The van der Waals surface area contributed by atoms with Gasteiger partial charge in [0.2, 0.25) is 5.91 Å². The number of anilines is 1. The molecule has 1 fully saturated rings. The van der Waals surface area contributed by atoms with Crippen LogP contribution in [-0.2, 0) is 27.5 Å². The van der Waals surface area contributed by atoms with Crippen LogP contribution in [0.5, 0.6) is 0 Å². The summed E-state index contributed by atoms with van der Waals surface area (Å²) in [4.78, 5) is 47.3. The molecule has 5 aromatic rings. The number of likely N-dealkylation sites (tertiary alicyclic amines) is 1. The highest BCUT2D eigenvalue weighted by Gasteiger charge is 2.34. The molecule has 1 saturated heterocycles. The van der Waals surface area contributed by atoms with Gasteiger partial charge in [-0.3, -0.25) is 14.7 Å². The number of carbonyl (C=O) groups is 3. The minimum Gasteiger partial charge on any atom is -0.480 e. The molecule has 3 atom stereocenters. The molecule has 0 bridgehead atoms. The van der Waals surface area contributed by atoms with Crippen LogP contribution < -0.4 is 10.6 Å². The van der Waals surface area contributed by atoms with Gasteiger partial charge < -0.3 is 20.5 Å². The molecule has 0 aliphatic carbocycles. The monoisotopic (exact) mass is 680 g/mol. The summed E-state index contributed by atoms with van der Waals surface area (Å²) in [6.07, 6.45) is 0.858. The minimum atomic E-state index is -1.47. The molecule has 1 aliphatic heterocycles. The lowest BCUT2D eigenvalue weighted by Crippen LogP contribution is -2.40. The second-order valence-corrected chi connectivity index (χ2v) is 12.4. The molecule has 5 aromatic carbocycles. The molecular formula is C42H40N4O5. The van der Waals surface area contributed by atoms with Crippen molar-refractivity contribution in [3.05, 3.63) is 173 Å². The zero-order chi connectivity index (χ0) is 35.4. The van der Waals surface area contributed by atoms with Gasteiger partial charge in [0.05, 0.1) is 23.5 Å². The van der Waals surface area contributed by atoms with Crippen molar-refractivity contribution in [2.75, 3.05) is 11.9 Å². The first kappa shape index (κ1) is 34.8. The number of para-hydroxylation sites is 1. The van der Waals surface area contributed by atoms with Crippen molar-refractivity contribution in [1.82, 2.24) is 10.2 Å². The predicted molar refractivity (Wildman–Crippen MR) is 197 cm³/mol. The predicted octanol–water partition coefficient (Wildman–Crippen LogP) is 7.25. The Bertz CT molecular complexity index is 1940. The van der Waals surface area contributed by atoms with E-state index in [1.165, 1.54) is 0 Å². The van der Waals surface area contributed by atoms with E-state index in [1.807, 2.05) is 103 Å². The number of ether oxygens (including phenoxy) is 1. The van der Waals surface area contributed by atoms with Gasteiger partial charge in [0, 0.05) is 17.7 Å². The van der Waals surface area contributed by atoms with E-state index >= 15 is 0 Å². The minimum absolute atomic E-state index is 0.0152. The van der Waals surface area contributed by atoms with Crippen molar-refractivity contribution < 1.29 is 24.2 Å². The summed E-state index contributed by atoms with van der Waals surface area (Å²) in [7, 11) is 0. The van der Waals surface area contributed by atoms with Gasteiger partial charge in [0.15, 0.2) is 6.04 Å². The van der Waals surface area contributed by atoms with Crippen LogP contribution in [0.3, 0.4) is 0 Å². The number of aliphatic carboxylic acids is 1. The quantitative estimate of drug-likeness (QED) is 0.113. The van der Waals surface area contributed by atoms with E-state index in [0.29, 0.717) is 34.6 Å². The Hall–Kier alpha value is -6.06. The van der Waals surface area contributed by atoms with Crippen LogP contribution in [0.4, 0.5) is 10.5 Å². The topological polar surface area (TPSA) is 120 Å². The summed E-state index contributed by atoms with van der Waals surface area (Å²) in [6, 6.07) is 41.8. The molecule has 0 radical (unpaired) electrons. The van der Waals surface area contributed by atoms with Gasteiger partial charge in [-0.15, -0.1) is 0 Å². The fraction of sp³-hybridized carbons (Fsp3) is 0.190. The molecule has 9 nitrogen and oxygen atoms in total. The second kappa shape index (κ2) is 17.0. The zero-order valence-electron chi connectivity index (χ0n) is 28.1. The van der Waals surface area contributed by atoms with E-state index in [4.69, 9.17) is 9.73 Å². The van der Waals surface area contributed by atoms with Gasteiger partial charge in [-0.1, -0.05) is 140 Å². The molecular weight excluding hydrogens is 640 g/mol. The number of alkyl carbamates (subject to hydrolysis) is 1. The summed E-state index contributed by atoms with van der Waals surface area (Å²) in [6.45, 7) is 1.49. The van der Waals surface area contributed by atoms with E-state index in [-0.39, 0.29) is 18.6 Å². The fourth-order valence-corrected chi connectivity index (χ4v) is 6.35. The van der Waals surface area contributed by atoms with Crippen molar-refractivity contribution in [2.24, 2.45) is 4.99 Å². The average Bonchev–Trinajstić information content (AvgIpc) is 3.64. The molecule has 1 aliphatic rings. The highest BCUT2D eigenvalue weighted by Crippen LogP contribution is 2.27. The molecule has 51 heavy (non-hydrogen) atoms. The zero-order valence-corrected chi connectivity index (χ0v) is 28.1. The number of rotatable bonds is 13. The molecule has 0 saturated carbocycles. The fourth-order valence-electron chi connectivity index (χ4n) is 6.35. The van der Waals surface area contributed by atoms with E-state index in [9.17, 15) is 19.5 Å². The summed E-state index contributed by atoms with van der Waals surface area (Å²) in [5.41, 5.74) is 4.53. The average molecular weight is 681 g/mol. The lowest BCUT2D eigenvalue weighted by atomic mass is 9.96. The van der Waals surface area contributed by atoms with Crippen molar-refractivity contribution in [2.45, 2.75) is 44.1 Å². The van der Waals surface area contributed by atoms with Gasteiger partial charge in [-0.05, 0) is 42.1 Å². The van der Waals surface area contributed by atoms with E-state index in [2.05, 4.69) is 27.7 Å². The van der Waals surface area contributed by atoms with E-state index in [1.54, 1.807) is 30.3 Å². The molecule has 6 rings (SSSR count). The van der Waals surface area contributed by atoms with Crippen LogP contribution >= 0.6 is 0 Å². The van der Waals surface area contributed by atoms with Gasteiger partial charge in [-0.25, -0.2) is 9.59 Å². The molecule has 0 unspecified atom stereocenters. The van der Waals surface area contributed by atoms with Crippen LogP contribution in [0.15, 0.2) is 151 Å². The number of hydrogen-bond donors (Lipinski definition) is 3. The first-order chi connectivity index (χ1) is 25.0. The molecule has 3 N–H and O–H groups in total. The lowest BCUT2D eigenvalue weighted by molar-refractivity contribution is -0.139. The number of carboxylic acid groups (broad SMARTS) is 1. The van der Waals surface area contributed by atoms with Crippen LogP contribution in [0.25, 0.3) is 0 Å². The van der Waals surface area contributed by atoms with Crippen molar-refractivity contribution in [3.8, 4) is 0 Å². The first-order valence-corrected chi connectivity index (χ1v) is 17.0. The Morgan fingerprint density at radius 2 is 1.35 bits per heavy atom. The third-order valence-corrected chi connectivity index (χ3v) is 8.86. The van der Waals surface area contributed by atoms with E-state index < -0.39 is 24.1 Å². The number of carbonyl (C=O) groups excluding carboxylic acids is 2. The van der Waals surface area contributed by atoms with Crippen molar-refractivity contribution in [1.29, 1.82) is 0 Å². The number of nitrogens with one attached hydrogen (secondary N) is 2. The highest BCUT2D eigenvalue weighted by molar-refractivity contribution is 6.17. The maximum atomic E-state index is 13.9. The summed E-state index contributed by atoms with van der Waals surface area (Å²) in [5.74, 6) is -1.38. The number of nitrogens with zero attached hydrogens (tertiary/aromatic N) is 2. The Labute approximate surface area is 297 Å². The Morgan fingerprint density at radius 1 is 0.765 bits per heavy atom. The van der Waals surface area contributed by atoms with Gasteiger partial charge in [0.25, 0.3) is 0 Å². The molecule has 0 spiro atoms. The third-order valence-electron chi connectivity index (χ3n) is 8.86. The van der Waals surface area contributed by atoms with Crippen molar-refractivity contribution in [3.63, 3.8) is 0 Å². The summed E-state index contributed by atoms with van der Waals surface area (Å²) in [5, 5.41) is 16.6. The smallest absolute Gasteiger partial charge is 0.408 e. The standard InChI is InChI=1S/C42H40N4O5/c47-40(36-26-15-27-46(36)28-30-16-5-1-6-17-30)43-35-25-14-13-24-34(35)37(32-20-9-3-10-21-32)44-39(41(48)49)38(33-22-11-4-12-23-33)45-42(50)51-29-31-18-7-2-8-19-31/h1-14,16-25,36,38-39H,15,26-29H2,(H,43,47)(H,45,50)(H,48,49)/t36-,38+,39-/m0/s1. The second-order valence-electron chi connectivity index (χ2n) is 12.4. The third kappa shape index (κ3) is 9.14. The molecule has 258 valence electrons. The molecule has 0 aromatic heterocycles. The molecule has 9 heteroatoms. The van der Waals surface area contributed by atoms with E-state index in [0.717, 1.165) is 30.5 Å². The maximum absolute atomic E-state index is 13.9. The number of aliphatic imine (C=N–C) groups is 1. The van der Waals surface area contributed by atoms with Crippen molar-refractivity contribution >= 4 is 29.4 Å². The number of benzene rings is 5. The molecule has 1 heterocycles. The van der Waals surface area contributed by atoms with Gasteiger partial charge >= 0.3 is 12.1 Å². The largest absolute Gasteiger partial charge is 0.480 e. The normalized spacial score (nSPS) is 15.8.